The lowest BCUT2D eigenvalue weighted by atomic mass is 9.89. The lowest BCUT2D eigenvalue weighted by Crippen LogP contribution is -2.51. The Bertz CT molecular complexity index is 604. The van der Waals surface area contributed by atoms with E-state index in [1.54, 1.807) is 0 Å². The summed E-state index contributed by atoms with van der Waals surface area (Å²) in [5.74, 6) is -0.559. The molecule has 2 rings (SSSR count). The van der Waals surface area contributed by atoms with Crippen LogP contribution in [0.5, 0.6) is 0 Å². The van der Waals surface area contributed by atoms with Crippen molar-refractivity contribution < 1.29 is 9.53 Å². The predicted molar refractivity (Wildman–Crippen MR) is 94.2 cm³/mol. The van der Waals surface area contributed by atoms with Crippen molar-refractivity contribution in [3.63, 3.8) is 0 Å². The molecule has 0 bridgehead atoms. The average Bonchev–Trinajstić information content (AvgIpc) is 2.44. The number of hydrogen-bond donors (Lipinski definition) is 2. The lowest BCUT2D eigenvalue weighted by Gasteiger charge is -2.35. The fourth-order valence-corrected chi connectivity index (χ4v) is 3.08. The van der Waals surface area contributed by atoms with Gasteiger partial charge in [-0.2, -0.15) is 0 Å². The largest absolute Gasteiger partial charge is 0.465 e. The van der Waals surface area contributed by atoms with Crippen molar-refractivity contribution >= 4 is 39.2 Å². The van der Waals surface area contributed by atoms with Gasteiger partial charge < -0.3 is 15.4 Å². The lowest BCUT2D eigenvalue weighted by molar-refractivity contribution is -0.149. The maximum Gasteiger partial charge on any atom is 0.317 e. The van der Waals surface area contributed by atoms with Gasteiger partial charge in [-0.3, -0.25) is 4.79 Å². The summed E-state index contributed by atoms with van der Waals surface area (Å²) in [7, 11) is 0. The van der Waals surface area contributed by atoms with Gasteiger partial charge in [-0.05, 0) is 29.8 Å². The first-order chi connectivity index (χ1) is 10.4. The molecule has 1 aromatic rings. The summed E-state index contributed by atoms with van der Waals surface area (Å²) < 4.78 is 6.31. The van der Waals surface area contributed by atoms with Crippen LogP contribution in [0.4, 0.5) is 0 Å². The number of nitrogens with one attached hydrogen (secondary N) is 2. The van der Waals surface area contributed by atoms with E-state index in [0.717, 1.165) is 10.0 Å². The van der Waals surface area contributed by atoms with E-state index in [9.17, 15) is 4.79 Å². The van der Waals surface area contributed by atoms with Gasteiger partial charge in [0, 0.05) is 10.2 Å². The number of halogens is 1. The molecule has 0 unspecified atom stereocenters. The molecule has 0 spiro atoms. The molecule has 0 aromatic heterocycles. The second kappa shape index (κ2) is 7.24. The van der Waals surface area contributed by atoms with Crippen LogP contribution in [-0.4, -0.2) is 17.7 Å². The van der Waals surface area contributed by atoms with Gasteiger partial charge in [-0.15, -0.1) is 0 Å². The van der Waals surface area contributed by atoms with Gasteiger partial charge in [0.1, 0.15) is 5.92 Å². The minimum Gasteiger partial charge on any atom is -0.465 e. The third kappa shape index (κ3) is 3.87. The molecule has 1 aliphatic heterocycles. The Labute approximate surface area is 144 Å². The Kier molecular flexibility index (Phi) is 5.58. The Morgan fingerprint density at radius 2 is 2.14 bits per heavy atom. The fraction of sp³-hybridized carbons (Fsp3) is 0.375. The first-order valence-electron chi connectivity index (χ1n) is 7.07. The first kappa shape index (κ1) is 17.0. The molecule has 6 heteroatoms. The smallest absolute Gasteiger partial charge is 0.317 e. The molecule has 2 N–H and O–H groups in total. The van der Waals surface area contributed by atoms with E-state index in [2.05, 4.69) is 33.1 Å². The average molecular weight is 383 g/mol. The second-order valence-electron chi connectivity index (χ2n) is 5.62. The molecule has 1 aliphatic rings. The molecule has 1 heterocycles. The summed E-state index contributed by atoms with van der Waals surface area (Å²) in [5.41, 5.74) is 1.50. The van der Waals surface area contributed by atoms with Gasteiger partial charge in [-0.1, -0.05) is 54.6 Å². The summed E-state index contributed by atoms with van der Waals surface area (Å²) in [6.07, 6.45) is 0. The molecule has 1 saturated heterocycles. The highest BCUT2D eigenvalue weighted by Gasteiger charge is 2.38. The highest BCUT2D eigenvalue weighted by Crippen LogP contribution is 2.34. The SMILES string of the molecule is C=C1NC(=S)N[C@H](c2ccccc2Br)[C@H]1C(=O)OCC(C)C. The van der Waals surface area contributed by atoms with Gasteiger partial charge in [0.15, 0.2) is 5.11 Å². The van der Waals surface area contributed by atoms with Gasteiger partial charge in [-0.25, -0.2) is 0 Å². The van der Waals surface area contributed by atoms with E-state index >= 15 is 0 Å². The Hall–Kier alpha value is -1.40. The molecule has 1 aromatic carbocycles. The normalized spacial score (nSPS) is 21.3. The topological polar surface area (TPSA) is 50.4 Å². The number of hydrogen-bond acceptors (Lipinski definition) is 3. The van der Waals surface area contributed by atoms with Crippen molar-refractivity contribution in [1.82, 2.24) is 10.6 Å². The highest BCUT2D eigenvalue weighted by molar-refractivity contribution is 9.10. The van der Waals surface area contributed by atoms with Crippen LogP contribution in [0, 0.1) is 11.8 Å². The van der Waals surface area contributed by atoms with E-state index < -0.39 is 5.92 Å². The Balaban J connectivity index is 2.30. The van der Waals surface area contributed by atoms with Crippen molar-refractivity contribution in [2.75, 3.05) is 6.61 Å². The minimum atomic E-state index is -0.538. The van der Waals surface area contributed by atoms with Crippen LogP contribution in [0.15, 0.2) is 41.0 Å². The number of benzene rings is 1. The standard InChI is InChI=1S/C16H19BrN2O2S/c1-9(2)8-21-15(20)13-10(3)18-16(22)19-14(13)11-6-4-5-7-12(11)17/h4-7,9,13-14H,3,8H2,1-2H3,(H2,18,19,22)/t13-,14+/m0/s1. The van der Waals surface area contributed by atoms with Gasteiger partial charge >= 0.3 is 5.97 Å². The fourth-order valence-electron chi connectivity index (χ4n) is 2.29. The molecule has 0 aliphatic carbocycles. The van der Waals surface area contributed by atoms with Crippen LogP contribution in [0.1, 0.15) is 25.5 Å². The van der Waals surface area contributed by atoms with Gasteiger partial charge in [0.05, 0.1) is 12.6 Å². The molecule has 4 nitrogen and oxygen atoms in total. The zero-order valence-corrected chi connectivity index (χ0v) is 15.0. The van der Waals surface area contributed by atoms with Crippen LogP contribution in [0.25, 0.3) is 0 Å². The van der Waals surface area contributed by atoms with Crippen molar-refractivity contribution in [2.45, 2.75) is 19.9 Å². The van der Waals surface area contributed by atoms with Crippen molar-refractivity contribution in [1.29, 1.82) is 0 Å². The van der Waals surface area contributed by atoms with E-state index in [1.165, 1.54) is 0 Å². The van der Waals surface area contributed by atoms with Crippen LogP contribution >= 0.6 is 28.1 Å². The van der Waals surface area contributed by atoms with Crippen molar-refractivity contribution in [2.24, 2.45) is 11.8 Å². The number of carbonyl (C=O) groups is 1. The summed E-state index contributed by atoms with van der Waals surface area (Å²) in [5, 5.41) is 6.54. The molecular formula is C16H19BrN2O2S. The summed E-state index contributed by atoms with van der Waals surface area (Å²) in [6, 6.07) is 7.42. The first-order valence-corrected chi connectivity index (χ1v) is 8.27. The molecule has 0 saturated carbocycles. The maximum absolute atomic E-state index is 12.5. The zero-order valence-electron chi connectivity index (χ0n) is 12.6. The van der Waals surface area contributed by atoms with Gasteiger partial charge in [0.2, 0.25) is 0 Å². The molecular weight excluding hydrogens is 364 g/mol. The molecule has 0 radical (unpaired) electrons. The Morgan fingerprint density at radius 1 is 1.45 bits per heavy atom. The minimum absolute atomic E-state index is 0.282. The molecule has 118 valence electrons. The summed E-state index contributed by atoms with van der Waals surface area (Å²) in [4.78, 5) is 12.5. The van der Waals surface area contributed by atoms with Crippen LogP contribution in [0.3, 0.4) is 0 Å². The number of esters is 1. The zero-order chi connectivity index (χ0) is 16.3. The van der Waals surface area contributed by atoms with Crippen molar-refractivity contribution in [3.05, 3.63) is 46.6 Å². The van der Waals surface area contributed by atoms with Gasteiger partial charge in [0.25, 0.3) is 0 Å². The monoisotopic (exact) mass is 382 g/mol. The van der Waals surface area contributed by atoms with E-state index in [4.69, 9.17) is 17.0 Å². The Morgan fingerprint density at radius 3 is 2.77 bits per heavy atom. The second-order valence-corrected chi connectivity index (χ2v) is 6.89. The number of carbonyl (C=O) groups excluding carboxylic acids is 1. The number of ether oxygens (including phenoxy) is 1. The van der Waals surface area contributed by atoms with Crippen LogP contribution in [0.2, 0.25) is 0 Å². The van der Waals surface area contributed by atoms with E-state index in [-0.39, 0.29) is 17.9 Å². The van der Waals surface area contributed by atoms with E-state index in [0.29, 0.717) is 17.4 Å². The third-order valence-electron chi connectivity index (χ3n) is 3.32. The van der Waals surface area contributed by atoms with E-state index in [1.807, 2.05) is 38.1 Å². The van der Waals surface area contributed by atoms with Crippen LogP contribution < -0.4 is 10.6 Å². The third-order valence-corrected chi connectivity index (χ3v) is 4.26. The number of rotatable bonds is 4. The summed E-state index contributed by atoms with van der Waals surface area (Å²) >= 11 is 8.72. The van der Waals surface area contributed by atoms with Crippen LogP contribution in [-0.2, 0) is 9.53 Å². The molecule has 22 heavy (non-hydrogen) atoms. The van der Waals surface area contributed by atoms with Crippen molar-refractivity contribution in [3.8, 4) is 0 Å². The summed E-state index contributed by atoms with van der Waals surface area (Å²) in [6.45, 7) is 8.33. The predicted octanol–water partition coefficient (Wildman–Crippen LogP) is 3.30. The highest BCUT2D eigenvalue weighted by atomic mass is 79.9. The molecule has 0 amide bonds. The molecule has 1 fully saturated rings. The maximum atomic E-state index is 12.5. The quantitative estimate of drug-likeness (QED) is 0.617. The molecule has 2 atom stereocenters. The number of thiocarbonyl (C=S) groups is 1.